The summed E-state index contributed by atoms with van der Waals surface area (Å²) in [4.78, 5) is 27.7. The van der Waals surface area contributed by atoms with Gasteiger partial charge in [-0.3, -0.25) is 9.59 Å². The Kier molecular flexibility index (Phi) is 3.76. The van der Waals surface area contributed by atoms with Crippen LogP contribution in [0.25, 0.3) is 21.8 Å². The minimum atomic E-state index is -0.320. The van der Waals surface area contributed by atoms with Gasteiger partial charge in [-0.15, -0.1) is 0 Å². The number of hydrogen-bond donors (Lipinski definition) is 0. The van der Waals surface area contributed by atoms with Crippen LogP contribution >= 0.6 is 0 Å². The van der Waals surface area contributed by atoms with Crippen molar-refractivity contribution < 1.29 is 9.18 Å². The van der Waals surface area contributed by atoms with Crippen molar-refractivity contribution in [2.45, 2.75) is 13.0 Å². The Balaban J connectivity index is 1.65. The Morgan fingerprint density at radius 2 is 1.64 bits per heavy atom. The Morgan fingerprint density at radius 1 is 0.893 bits per heavy atom. The number of aromatic nitrogens is 1. The Bertz CT molecular complexity index is 1290. The molecule has 0 radical (unpaired) electrons. The fourth-order valence-corrected chi connectivity index (χ4v) is 4.07. The van der Waals surface area contributed by atoms with Gasteiger partial charge in [0.15, 0.2) is 5.43 Å². The van der Waals surface area contributed by atoms with Gasteiger partial charge in [0.1, 0.15) is 5.82 Å². The molecule has 1 amide bonds. The second kappa shape index (κ2) is 6.30. The van der Waals surface area contributed by atoms with Crippen LogP contribution in [0.2, 0.25) is 0 Å². The maximum atomic E-state index is 13.1. The van der Waals surface area contributed by atoms with Crippen molar-refractivity contribution in [3.63, 3.8) is 0 Å². The second-order valence-electron chi connectivity index (χ2n) is 7.02. The van der Waals surface area contributed by atoms with Gasteiger partial charge < -0.3 is 9.47 Å². The summed E-state index contributed by atoms with van der Waals surface area (Å²) in [5, 5.41) is 1.31. The molecule has 0 saturated carbocycles. The summed E-state index contributed by atoms with van der Waals surface area (Å²) in [7, 11) is 0. The largest absolute Gasteiger partial charge is 0.337 e. The highest BCUT2D eigenvalue weighted by atomic mass is 19.1. The Hall–Kier alpha value is -3.47. The molecule has 5 rings (SSSR count). The van der Waals surface area contributed by atoms with Crippen LogP contribution in [0, 0.1) is 5.82 Å². The molecule has 0 saturated heterocycles. The summed E-state index contributed by atoms with van der Waals surface area (Å²) in [6.45, 7) is 1.14. The summed E-state index contributed by atoms with van der Waals surface area (Å²) in [6.07, 6.45) is 0.189. The number of amides is 1. The zero-order chi connectivity index (χ0) is 19.3. The number of anilines is 1. The van der Waals surface area contributed by atoms with Crippen molar-refractivity contribution in [1.29, 1.82) is 0 Å². The van der Waals surface area contributed by atoms with Crippen molar-refractivity contribution in [3.8, 4) is 0 Å². The van der Waals surface area contributed by atoms with Crippen molar-refractivity contribution in [3.05, 3.63) is 88.3 Å². The molecule has 0 N–H and O–H groups in total. The lowest BCUT2D eigenvalue weighted by atomic mass is 10.0. The quantitative estimate of drug-likeness (QED) is 0.501. The van der Waals surface area contributed by atoms with Crippen LogP contribution in [0.4, 0.5) is 10.1 Å². The molecule has 0 atom stereocenters. The van der Waals surface area contributed by atoms with Crippen LogP contribution in [0.5, 0.6) is 0 Å². The van der Waals surface area contributed by atoms with Crippen LogP contribution in [0.3, 0.4) is 0 Å². The third-order valence-corrected chi connectivity index (χ3v) is 5.38. The molecule has 0 fully saturated rings. The molecule has 1 aromatic heterocycles. The highest BCUT2D eigenvalue weighted by Gasteiger charge is 2.25. The molecule has 2 heterocycles. The molecule has 0 aliphatic carbocycles. The Labute approximate surface area is 160 Å². The number of fused-ring (bicyclic) bond motifs is 2. The number of hydrogen-bond acceptors (Lipinski definition) is 2. The standard InChI is InChI=1S/C23H17FN2O2/c24-16-10-8-15(9-11-16)14-21(27)25-12-13-26-19-6-2-1-4-17(19)23(28)18-5-3-7-20(25)22(18)26/h1-11H,12-14H2. The zero-order valence-corrected chi connectivity index (χ0v) is 15.1. The van der Waals surface area contributed by atoms with E-state index in [2.05, 4.69) is 4.57 Å². The molecule has 28 heavy (non-hydrogen) atoms. The van der Waals surface area contributed by atoms with E-state index < -0.39 is 0 Å². The summed E-state index contributed by atoms with van der Waals surface area (Å²) < 4.78 is 15.3. The van der Waals surface area contributed by atoms with Crippen molar-refractivity contribution in [1.82, 2.24) is 4.57 Å². The molecule has 1 aliphatic heterocycles. The lowest BCUT2D eigenvalue weighted by molar-refractivity contribution is -0.118. The van der Waals surface area contributed by atoms with Crippen molar-refractivity contribution in [2.75, 3.05) is 11.4 Å². The van der Waals surface area contributed by atoms with Gasteiger partial charge in [-0.25, -0.2) is 4.39 Å². The number of carbonyl (C=O) groups excluding carboxylic acids is 1. The fourth-order valence-electron chi connectivity index (χ4n) is 4.07. The molecule has 0 unspecified atom stereocenters. The maximum Gasteiger partial charge on any atom is 0.231 e. The predicted molar refractivity (Wildman–Crippen MR) is 108 cm³/mol. The molecular weight excluding hydrogens is 355 g/mol. The smallest absolute Gasteiger partial charge is 0.231 e. The summed E-state index contributed by atoms with van der Waals surface area (Å²) in [5.41, 5.74) is 3.18. The first kappa shape index (κ1) is 16.7. The average Bonchev–Trinajstić information content (AvgIpc) is 2.73. The van der Waals surface area contributed by atoms with E-state index >= 15 is 0 Å². The average molecular weight is 372 g/mol. The van der Waals surface area contributed by atoms with Gasteiger partial charge in [0.25, 0.3) is 0 Å². The first-order valence-electron chi connectivity index (χ1n) is 9.22. The number of rotatable bonds is 2. The van der Waals surface area contributed by atoms with E-state index in [1.165, 1.54) is 12.1 Å². The molecule has 1 aliphatic rings. The molecule has 0 bridgehead atoms. The van der Waals surface area contributed by atoms with E-state index in [4.69, 9.17) is 0 Å². The minimum Gasteiger partial charge on any atom is -0.337 e. The van der Waals surface area contributed by atoms with Crippen LogP contribution in [-0.2, 0) is 17.8 Å². The van der Waals surface area contributed by atoms with Gasteiger partial charge in [-0.05, 0) is 42.0 Å². The monoisotopic (exact) mass is 372 g/mol. The van der Waals surface area contributed by atoms with Crippen LogP contribution in [-0.4, -0.2) is 17.0 Å². The maximum absolute atomic E-state index is 13.1. The lowest BCUT2D eigenvalue weighted by Gasteiger charge is -2.31. The van der Waals surface area contributed by atoms with Gasteiger partial charge in [-0.1, -0.05) is 30.3 Å². The van der Waals surface area contributed by atoms with Crippen molar-refractivity contribution >= 4 is 33.4 Å². The first-order valence-corrected chi connectivity index (χ1v) is 9.22. The molecule has 4 nitrogen and oxygen atoms in total. The zero-order valence-electron chi connectivity index (χ0n) is 15.1. The highest BCUT2D eigenvalue weighted by molar-refractivity contribution is 6.06. The van der Waals surface area contributed by atoms with Crippen LogP contribution in [0.15, 0.2) is 71.5 Å². The number of para-hydroxylation sites is 2. The third-order valence-electron chi connectivity index (χ3n) is 5.38. The first-order chi connectivity index (χ1) is 13.6. The SMILES string of the molecule is O=C(Cc1ccc(F)cc1)N1CCn2c3ccccc3c(=O)c3cccc1c32. The lowest BCUT2D eigenvalue weighted by Crippen LogP contribution is -2.38. The van der Waals surface area contributed by atoms with Crippen molar-refractivity contribution in [2.24, 2.45) is 0 Å². The van der Waals surface area contributed by atoms with Gasteiger partial charge >= 0.3 is 0 Å². The second-order valence-corrected chi connectivity index (χ2v) is 7.02. The van der Waals surface area contributed by atoms with E-state index in [1.807, 2.05) is 42.5 Å². The van der Waals surface area contributed by atoms with Crippen LogP contribution in [0.1, 0.15) is 5.56 Å². The topological polar surface area (TPSA) is 42.3 Å². The van der Waals surface area contributed by atoms with E-state index in [0.29, 0.717) is 23.9 Å². The van der Waals surface area contributed by atoms with Gasteiger partial charge in [0.2, 0.25) is 5.91 Å². The molecule has 0 spiro atoms. The predicted octanol–water partition coefficient (Wildman–Crippen LogP) is 3.88. The van der Waals surface area contributed by atoms with Gasteiger partial charge in [-0.2, -0.15) is 0 Å². The third kappa shape index (κ3) is 2.51. The molecule has 5 heteroatoms. The minimum absolute atomic E-state index is 0.0171. The number of benzene rings is 3. The fraction of sp³-hybridized carbons (Fsp3) is 0.130. The summed E-state index contributed by atoms with van der Waals surface area (Å²) >= 11 is 0. The number of nitrogens with zero attached hydrogens (tertiary/aromatic N) is 2. The summed E-state index contributed by atoms with van der Waals surface area (Å²) in [6, 6.07) is 19.1. The molecular formula is C23H17FN2O2. The molecule has 4 aromatic rings. The highest BCUT2D eigenvalue weighted by Crippen LogP contribution is 2.32. The van der Waals surface area contributed by atoms with E-state index in [1.54, 1.807) is 17.0 Å². The normalized spacial score (nSPS) is 13.2. The molecule has 138 valence electrons. The van der Waals surface area contributed by atoms with Gasteiger partial charge in [0, 0.05) is 23.9 Å². The van der Waals surface area contributed by atoms with Crippen LogP contribution < -0.4 is 10.3 Å². The number of halogens is 1. The summed E-state index contributed by atoms with van der Waals surface area (Å²) in [5.74, 6) is -0.384. The molecule has 3 aromatic carbocycles. The van der Waals surface area contributed by atoms with E-state index in [-0.39, 0.29) is 23.6 Å². The van der Waals surface area contributed by atoms with E-state index in [0.717, 1.165) is 22.3 Å². The Morgan fingerprint density at radius 3 is 2.46 bits per heavy atom. The number of carbonyl (C=O) groups is 1. The number of pyridine rings is 1. The van der Waals surface area contributed by atoms with Gasteiger partial charge in [0.05, 0.1) is 23.1 Å². The van der Waals surface area contributed by atoms with E-state index in [9.17, 15) is 14.0 Å².